The van der Waals surface area contributed by atoms with Crippen LogP contribution < -0.4 is 0 Å². The molecule has 0 saturated carbocycles. The molecule has 0 aliphatic rings. The molecule has 0 unspecified atom stereocenters. The first-order valence-electron chi connectivity index (χ1n) is 4.79. The Morgan fingerprint density at radius 3 is 2.69 bits per heavy atom. The summed E-state index contributed by atoms with van der Waals surface area (Å²) in [6, 6.07) is 6.68. The highest BCUT2D eigenvalue weighted by Gasteiger charge is 2.02. The Morgan fingerprint density at radius 2 is 2.00 bits per heavy atom. The molecule has 1 nitrogen and oxygen atoms in total. The maximum atomic E-state index is 2.28. The van der Waals surface area contributed by atoms with Gasteiger partial charge in [-0.15, -0.1) is 0 Å². The van der Waals surface area contributed by atoms with Gasteiger partial charge in [0, 0.05) is 17.4 Å². The summed E-state index contributed by atoms with van der Waals surface area (Å²) in [7, 11) is 0. The molecule has 1 heteroatoms. The number of pyridine rings is 1. The third-order valence-corrected chi connectivity index (χ3v) is 2.57. The maximum Gasteiger partial charge on any atom is 0.0484 e. The van der Waals surface area contributed by atoms with Crippen LogP contribution in [0.4, 0.5) is 0 Å². The molecule has 0 amide bonds. The second-order valence-electron chi connectivity index (χ2n) is 3.63. The fourth-order valence-electron chi connectivity index (χ4n) is 1.84. The quantitative estimate of drug-likeness (QED) is 0.624. The Hall–Kier alpha value is -1.24. The predicted octanol–water partition coefficient (Wildman–Crippen LogP) is 3.12. The van der Waals surface area contributed by atoms with E-state index in [1.54, 1.807) is 0 Å². The second-order valence-corrected chi connectivity index (χ2v) is 3.63. The van der Waals surface area contributed by atoms with Crippen LogP contribution in [0.5, 0.6) is 0 Å². The summed E-state index contributed by atoms with van der Waals surface area (Å²) >= 11 is 0. The summed E-state index contributed by atoms with van der Waals surface area (Å²) < 4.78 is 2.28. The number of hydrogen-bond acceptors (Lipinski definition) is 0. The van der Waals surface area contributed by atoms with Gasteiger partial charge in [-0.2, -0.15) is 0 Å². The van der Waals surface area contributed by atoms with E-state index < -0.39 is 0 Å². The Labute approximate surface area is 79.0 Å². The molecule has 0 aromatic carbocycles. The van der Waals surface area contributed by atoms with Crippen molar-refractivity contribution in [2.75, 3.05) is 0 Å². The predicted molar refractivity (Wildman–Crippen MR) is 56.2 cm³/mol. The van der Waals surface area contributed by atoms with E-state index in [0.717, 1.165) is 6.42 Å². The van der Waals surface area contributed by atoms with Gasteiger partial charge in [0.1, 0.15) is 0 Å². The van der Waals surface area contributed by atoms with Crippen LogP contribution in [0, 0.1) is 13.8 Å². The molecule has 0 aliphatic heterocycles. The van der Waals surface area contributed by atoms with E-state index in [4.69, 9.17) is 0 Å². The minimum Gasteiger partial charge on any atom is -0.321 e. The summed E-state index contributed by atoms with van der Waals surface area (Å²) in [4.78, 5) is 0. The maximum absolute atomic E-state index is 2.28. The molecule has 0 N–H and O–H groups in total. The van der Waals surface area contributed by atoms with Crippen molar-refractivity contribution in [2.45, 2.75) is 27.2 Å². The molecule has 0 fully saturated rings. The van der Waals surface area contributed by atoms with E-state index in [1.165, 1.54) is 22.3 Å². The molecule has 13 heavy (non-hydrogen) atoms. The normalized spacial score (nSPS) is 11.0. The molecule has 2 heterocycles. The monoisotopic (exact) mass is 173 g/mol. The van der Waals surface area contributed by atoms with Gasteiger partial charge in [0.2, 0.25) is 0 Å². The van der Waals surface area contributed by atoms with Gasteiger partial charge >= 0.3 is 0 Å². The molecule has 2 aromatic heterocycles. The van der Waals surface area contributed by atoms with Crippen LogP contribution in [-0.2, 0) is 6.42 Å². The fourth-order valence-corrected chi connectivity index (χ4v) is 1.84. The standard InChI is InChI=1S/C12H15N/c1-4-11-7-9(2)8-12-10(3)5-6-13(11)12/h5-8H,4H2,1-3H3. The van der Waals surface area contributed by atoms with Crippen molar-refractivity contribution in [3.63, 3.8) is 0 Å². The van der Waals surface area contributed by atoms with E-state index in [0.29, 0.717) is 0 Å². The summed E-state index contributed by atoms with van der Waals surface area (Å²) in [5, 5.41) is 0. The first-order valence-corrected chi connectivity index (χ1v) is 4.79. The molecule has 0 bridgehead atoms. The Morgan fingerprint density at radius 1 is 1.23 bits per heavy atom. The van der Waals surface area contributed by atoms with Crippen LogP contribution in [0.25, 0.3) is 5.52 Å². The lowest BCUT2D eigenvalue weighted by Gasteiger charge is -2.05. The first kappa shape index (κ1) is 8.36. The minimum absolute atomic E-state index is 1.09. The number of aromatic nitrogens is 1. The lowest BCUT2D eigenvalue weighted by molar-refractivity contribution is 0.976. The molecule has 2 aromatic rings. The van der Waals surface area contributed by atoms with Crippen LogP contribution in [0.15, 0.2) is 24.4 Å². The van der Waals surface area contributed by atoms with Crippen molar-refractivity contribution in [1.29, 1.82) is 0 Å². The summed E-state index contributed by atoms with van der Waals surface area (Å²) in [6.45, 7) is 6.52. The van der Waals surface area contributed by atoms with E-state index in [9.17, 15) is 0 Å². The molecular weight excluding hydrogens is 158 g/mol. The number of aryl methyl sites for hydroxylation is 3. The molecule has 0 radical (unpaired) electrons. The van der Waals surface area contributed by atoms with Gasteiger partial charge in [-0.05, 0) is 49.6 Å². The average molecular weight is 173 g/mol. The smallest absolute Gasteiger partial charge is 0.0484 e. The Bertz CT molecular complexity index is 438. The first-order chi connectivity index (χ1) is 6.22. The van der Waals surface area contributed by atoms with Gasteiger partial charge < -0.3 is 4.40 Å². The van der Waals surface area contributed by atoms with Crippen LogP contribution >= 0.6 is 0 Å². The van der Waals surface area contributed by atoms with E-state index >= 15 is 0 Å². The number of fused-ring (bicyclic) bond motifs is 1. The van der Waals surface area contributed by atoms with Gasteiger partial charge in [-0.25, -0.2) is 0 Å². The zero-order valence-corrected chi connectivity index (χ0v) is 8.46. The SMILES string of the molecule is CCc1cc(C)cc2c(C)ccn12. The van der Waals surface area contributed by atoms with Crippen molar-refractivity contribution < 1.29 is 0 Å². The molecule has 2 rings (SSSR count). The van der Waals surface area contributed by atoms with Crippen molar-refractivity contribution in [3.05, 3.63) is 41.2 Å². The average Bonchev–Trinajstić information content (AvgIpc) is 2.47. The number of nitrogens with zero attached hydrogens (tertiary/aromatic N) is 1. The highest BCUT2D eigenvalue weighted by molar-refractivity contribution is 5.57. The molecule has 0 aliphatic carbocycles. The number of rotatable bonds is 1. The van der Waals surface area contributed by atoms with Crippen molar-refractivity contribution in [3.8, 4) is 0 Å². The Kier molecular flexibility index (Phi) is 1.87. The second kappa shape index (κ2) is 2.91. The Balaban J connectivity index is 2.84. The number of hydrogen-bond donors (Lipinski definition) is 0. The topological polar surface area (TPSA) is 4.41 Å². The summed E-state index contributed by atoms with van der Waals surface area (Å²) in [5.74, 6) is 0. The van der Waals surface area contributed by atoms with Gasteiger partial charge in [0.15, 0.2) is 0 Å². The van der Waals surface area contributed by atoms with Gasteiger partial charge in [0.25, 0.3) is 0 Å². The van der Waals surface area contributed by atoms with Crippen LogP contribution in [0.3, 0.4) is 0 Å². The van der Waals surface area contributed by atoms with E-state index in [-0.39, 0.29) is 0 Å². The van der Waals surface area contributed by atoms with Crippen LogP contribution in [0.1, 0.15) is 23.7 Å². The van der Waals surface area contributed by atoms with Crippen LogP contribution in [0.2, 0.25) is 0 Å². The lowest BCUT2D eigenvalue weighted by Crippen LogP contribution is -1.94. The summed E-state index contributed by atoms with van der Waals surface area (Å²) in [5.41, 5.74) is 5.45. The molecule has 0 spiro atoms. The van der Waals surface area contributed by atoms with E-state index in [2.05, 4.69) is 49.6 Å². The summed E-state index contributed by atoms with van der Waals surface area (Å²) in [6.07, 6.45) is 3.25. The third kappa shape index (κ3) is 1.24. The zero-order valence-electron chi connectivity index (χ0n) is 8.46. The lowest BCUT2D eigenvalue weighted by atomic mass is 10.2. The van der Waals surface area contributed by atoms with Gasteiger partial charge in [-0.1, -0.05) is 6.92 Å². The molecule has 68 valence electrons. The third-order valence-electron chi connectivity index (χ3n) is 2.57. The van der Waals surface area contributed by atoms with Crippen molar-refractivity contribution in [1.82, 2.24) is 4.40 Å². The van der Waals surface area contributed by atoms with Crippen LogP contribution in [-0.4, -0.2) is 4.40 Å². The molecule has 0 saturated heterocycles. The zero-order chi connectivity index (χ0) is 9.42. The largest absolute Gasteiger partial charge is 0.321 e. The molecular formula is C12H15N. The van der Waals surface area contributed by atoms with E-state index in [1.807, 2.05) is 0 Å². The highest BCUT2D eigenvalue weighted by atomic mass is 14.9. The van der Waals surface area contributed by atoms with Crippen molar-refractivity contribution in [2.24, 2.45) is 0 Å². The molecule has 0 atom stereocenters. The van der Waals surface area contributed by atoms with Crippen molar-refractivity contribution >= 4 is 5.52 Å². The van der Waals surface area contributed by atoms with Gasteiger partial charge in [-0.3, -0.25) is 0 Å². The minimum atomic E-state index is 1.09. The van der Waals surface area contributed by atoms with Gasteiger partial charge in [0.05, 0.1) is 0 Å². The highest BCUT2D eigenvalue weighted by Crippen LogP contribution is 2.16. The fraction of sp³-hybridized carbons (Fsp3) is 0.333.